The van der Waals surface area contributed by atoms with Gasteiger partial charge in [-0.2, -0.15) is 0 Å². The fourth-order valence-corrected chi connectivity index (χ4v) is 1.08. The Labute approximate surface area is 88.5 Å². The summed E-state index contributed by atoms with van der Waals surface area (Å²) in [5, 5.41) is 17.1. The Kier molecular flexibility index (Phi) is 4.25. The maximum absolute atomic E-state index is 8.54. The lowest BCUT2D eigenvalue weighted by molar-refractivity contribution is 0.350. The third kappa shape index (κ3) is 3.74. The molecule has 0 aliphatic heterocycles. The normalized spacial score (nSPS) is 8.40. The van der Waals surface area contributed by atoms with Crippen LogP contribution >= 0.6 is 0 Å². The smallest absolute Gasteiger partial charge is 0.104 e. The molecule has 0 aromatic heterocycles. The van der Waals surface area contributed by atoms with Crippen molar-refractivity contribution in [3.8, 4) is 23.7 Å². The molecule has 0 spiro atoms. The van der Waals surface area contributed by atoms with Crippen LogP contribution < -0.4 is 5.73 Å². The van der Waals surface area contributed by atoms with E-state index < -0.39 is 0 Å². The molecule has 3 heteroatoms. The minimum atomic E-state index is -0.188. The number of nitrogen functional groups attached to an aromatic ring is 1. The van der Waals surface area contributed by atoms with E-state index in [0.717, 1.165) is 0 Å². The number of rotatable bonds is 0. The minimum Gasteiger partial charge on any atom is -0.399 e. The monoisotopic (exact) mass is 201 g/mol. The van der Waals surface area contributed by atoms with Crippen molar-refractivity contribution >= 4 is 5.69 Å². The Hall–Kier alpha value is -1.94. The molecule has 3 nitrogen and oxygen atoms in total. The van der Waals surface area contributed by atoms with E-state index in [-0.39, 0.29) is 13.2 Å². The minimum absolute atomic E-state index is 0.188. The Bertz CT molecular complexity index is 418. The highest BCUT2D eigenvalue weighted by Gasteiger charge is 1.94. The number of aliphatic hydroxyl groups excluding tert-OH is 2. The SMILES string of the molecule is Nc1cc(C#CCO)cc(C#CCO)c1. The lowest BCUT2D eigenvalue weighted by atomic mass is 10.1. The summed E-state index contributed by atoms with van der Waals surface area (Å²) in [6, 6.07) is 5.15. The average molecular weight is 201 g/mol. The molecule has 0 fully saturated rings. The van der Waals surface area contributed by atoms with E-state index in [0.29, 0.717) is 16.8 Å². The van der Waals surface area contributed by atoms with Crippen molar-refractivity contribution in [1.82, 2.24) is 0 Å². The van der Waals surface area contributed by atoms with Crippen LogP contribution in [0.2, 0.25) is 0 Å². The second kappa shape index (κ2) is 5.72. The van der Waals surface area contributed by atoms with Gasteiger partial charge in [-0.3, -0.25) is 0 Å². The van der Waals surface area contributed by atoms with Gasteiger partial charge < -0.3 is 15.9 Å². The molecule has 0 radical (unpaired) electrons. The van der Waals surface area contributed by atoms with Gasteiger partial charge in [-0.25, -0.2) is 0 Å². The van der Waals surface area contributed by atoms with Crippen LogP contribution in [0.1, 0.15) is 11.1 Å². The van der Waals surface area contributed by atoms with Gasteiger partial charge in [0, 0.05) is 16.8 Å². The van der Waals surface area contributed by atoms with Crippen LogP contribution in [-0.4, -0.2) is 23.4 Å². The molecule has 0 amide bonds. The number of aliphatic hydroxyl groups is 2. The van der Waals surface area contributed by atoms with Crippen LogP contribution in [0.15, 0.2) is 18.2 Å². The zero-order valence-electron chi connectivity index (χ0n) is 8.12. The van der Waals surface area contributed by atoms with Crippen molar-refractivity contribution in [2.24, 2.45) is 0 Å². The first-order chi connectivity index (χ1) is 7.26. The zero-order chi connectivity index (χ0) is 11.1. The number of hydrogen-bond donors (Lipinski definition) is 3. The highest BCUT2D eigenvalue weighted by atomic mass is 16.3. The molecule has 0 aliphatic carbocycles. The molecular formula is C12H11NO2. The van der Waals surface area contributed by atoms with E-state index in [2.05, 4.69) is 23.7 Å². The zero-order valence-corrected chi connectivity index (χ0v) is 8.12. The Morgan fingerprint density at radius 2 is 1.40 bits per heavy atom. The summed E-state index contributed by atoms with van der Waals surface area (Å²) < 4.78 is 0. The molecule has 0 atom stereocenters. The van der Waals surface area contributed by atoms with Crippen LogP contribution in [0.25, 0.3) is 0 Å². The summed E-state index contributed by atoms with van der Waals surface area (Å²) in [5.74, 6) is 10.5. The largest absolute Gasteiger partial charge is 0.399 e. The Balaban J connectivity index is 3.05. The molecule has 0 unspecified atom stereocenters. The standard InChI is InChI=1S/C12H11NO2/c13-12-8-10(3-1-5-14)7-11(9-12)4-2-6-15/h7-9,14-15H,5-6,13H2. The van der Waals surface area contributed by atoms with Gasteiger partial charge >= 0.3 is 0 Å². The third-order valence-corrected chi connectivity index (χ3v) is 1.58. The van der Waals surface area contributed by atoms with Gasteiger partial charge in [0.2, 0.25) is 0 Å². The highest BCUT2D eigenvalue weighted by Crippen LogP contribution is 2.10. The molecule has 0 saturated carbocycles. The lowest BCUT2D eigenvalue weighted by Crippen LogP contribution is -1.89. The average Bonchev–Trinajstić information content (AvgIpc) is 2.23. The van der Waals surface area contributed by atoms with Crippen molar-refractivity contribution in [2.75, 3.05) is 18.9 Å². The van der Waals surface area contributed by atoms with E-state index in [9.17, 15) is 0 Å². The highest BCUT2D eigenvalue weighted by molar-refractivity contribution is 5.54. The van der Waals surface area contributed by atoms with Gasteiger partial charge in [-0.15, -0.1) is 0 Å². The van der Waals surface area contributed by atoms with Gasteiger partial charge in [0.25, 0.3) is 0 Å². The van der Waals surface area contributed by atoms with Crippen LogP contribution in [-0.2, 0) is 0 Å². The van der Waals surface area contributed by atoms with Crippen LogP contribution in [0.3, 0.4) is 0 Å². The molecule has 4 N–H and O–H groups in total. The van der Waals surface area contributed by atoms with Crippen molar-refractivity contribution in [3.05, 3.63) is 29.3 Å². The first-order valence-electron chi connectivity index (χ1n) is 4.36. The predicted octanol–water partition coefficient (Wildman–Crippen LogP) is -0.0436. The van der Waals surface area contributed by atoms with Crippen LogP contribution in [0, 0.1) is 23.7 Å². The predicted molar refractivity (Wildman–Crippen MR) is 58.8 cm³/mol. The summed E-state index contributed by atoms with van der Waals surface area (Å²) in [6.07, 6.45) is 0. The second-order valence-corrected chi connectivity index (χ2v) is 2.76. The molecule has 0 bridgehead atoms. The number of nitrogens with two attached hydrogens (primary N) is 1. The number of anilines is 1. The fraction of sp³-hybridized carbons (Fsp3) is 0.167. The molecule has 1 rings (SSSR count). The van der Waals surface area contributed by atoms with Crippen LogP contribution in [0.5, 0.6) is 0 Å². The Morgan fingerprint density at radius 3 is 1.80 bits per heavy atom. The van der Waals surface area contributed by atoms with Gasteiger partial charge in [0.1, 0.15) is 13.2 Å². The third-order valence-electron chi connectivity index (χ3n) is 1.58. The first kappa shape index (κ1) is 11.1. The molecular weight excluding hydrogens is 190 g/mol. The molecule has 1 aromatic carbocycles. The van der Waals surface area contributed by atoms with E-state index in [1.807, 2.05) is 0 Å². The summed E-state index contributed by atoms with van der Waals surface area (Å²) in [4.78, 5) is 0. The van der Waals surface area contributed by atoms with Gasteiger partial charge in [0.05, 0.1) is 0 Å². The van der Waals surface area contributed by atoms with Gasteiger partial charge in [-0.1, -0.05) is 23.7 Å². The molecule has 0 heterocycles. The maximum Gasteiger partial charge on any atom is 0.104 e. The van der Waals surface area contributed by atoms with Gasteiger partial charge in [0.15, 0.2) is 0 Å². The van der Waals surface area contributed by atoms with Crippen LogP contribution in [0.4, 0.5) is 5.69 Å². The van der Waals surface area contributed by atoms with E-state index in [1.165, 1.54) is 0 Å². The summed E-state index contributed by atoms with van der Waals surface area (Å²) in [6.45, 7) is -0.376. The first-order valence-corrected chi connectivity index (χ1v) is 4.36. The van der Waals surface area contributed by atoms with Gasteiger partial charge in [-0.05, 0) is 18.2 Å². The van der Waals surface area contributed by atoms with Crippen molar-refractivity contribution in [3.63, 3.8) is 0 Å². The fourth-order valence-electron chi connectivity index (χ4n) is 1.08. The number of benzene rings is 1. The summed E-state index contributed by atoms with van der Waals surface area (Å²) >= 11 is 0. The van der Waals surface area contributed by atoms with Crippen molar-refractivity contribution in [1.29, 1.82) is 0 Å². The lowest BCUT2D eigenvalue weighted by Gasteiger charge is -1.97. The van der Waals surface area contributed by atoms with Crippen molar-refractivity contribution < 1.29 is 10.2 Å². The van der Waals surface area contributed by atoms with E-state index >= 15 is 0 Å². The Morgan fingerprint density at radius 1 is 0.933 bits per heavy atom. The summed E-state index contributed by atoms with van der Waals surface area (Å²) in [5.41, 5.74) is 7.60. The molecule has 0 saturated heterocycles. The molecule has 15 heavy (non-hydrogen) atoms. The quantitative estimate of drug-likeness (QED) is 0.407. The van der Waals surface area contributed by atoms with Crippen molar-refractivity contribution in [2.45, 2.75) is 0 Å². The number of hydrogen-bond acceptors (Lipinski definition) is 3. The van der Waals surface area contributed by atoms with E-state index in [1.54, 1.807) is 18.2 Å². The molecule has 76 valence electrons. The molecule has 0 aliphatic rings. The topological polar surface area (TPSA) is 66.5 Å². The second-order valence-electron chi connectivity index (χ2n) is 2.76. The molecule has 1 aromatic rings. The van der Waals surface area contributed by atoms with E-state index in [4.69, 9.17) is 15.9 Å². The maximum atomic E-state index is 8.54. The summed E-state index contributed by atoms with van der Waals surface area (Å²) in [7, 11) is 0.